The molecule has 0 aliphatic carbocycles. The van der Waals surface area contributed by atoms with Gasteiger partial charge in [0.25, 0.3) is 0 Å². The van der Waals surface area contributed by atoms with Crippen LogP contribution in [-0.4, -0.2) is 0 Å². The van der Waals surface area contributed by atoms with Crippen molar-refractivity contribution in [1.82, 2.24) is 0 Å². The quantitative estimate of drug-likeness (QED) is 0.146. The maximum absolute atomic E-state index is 6.19. The molecule has 0 unspecified atom stereocenters. The molecule has 0 atom stereocenters. The fourth-order valence-electron chi connectivity index (χ4n) is 7.75. The average Bonchev–Trinajstić information content (AvgIpc) is 3.51. The molecule has 0 N–H and O–H groups in total. The molecule has 10 rings (SSSR count). The smallest absolute Gasteiger partial charge is 0.135 e. The van der Waals surface area contributed by atoms with Gasteiger partial charge in [-0.15, -0.1) is 0 Å². The van der Waals surface area contributed by atoms with Crippen LogP contribution in [0.4, 0.5) is 0 Å². The van der Waals surface area contributed by atoms with Gasteiger partial charge in [0.15, 0.2) is 0 Å². The van der Waals surface area contributed by atoms with Gasteiger partial charge >= 0.3 is 0 Å². The number of fused-ring (bicyclic) bond motifs is 8. The van der Waals surface area contributed by atoms with Crippen molar-refractivity contribution in [2.75, 3.05) is 0 Å². The van der Waals surface area contributed by atoms with E-state index < -0.39 is 0 Å². The molecule has 0 spiro atoms. The van der Waals surface area contributed by atoms with Crippen molar-refractivity contribution in [2.24, 2.45) is 0 Å². The number of hydrogen-bond acceptors (Lipinski definition) is 1. The van der Waals surface area contributed by atoms with E-state index in [4.69, 9.17) is 4.42 Å². The largest absolute Gasteiger partial charge is 0.456 e. The number of rotatable bonds is 3. The van der Waals surface area contributed by atoms with E-state index >= 15 is 0 Å². The molecule has 0 saturated heterocycles. The van der Waals surface area contributed by atoms with Crippen LogP contribution in [0, 0.1) is 0 Å². The predicted octanol–water partition coefficient (Wildman–Crippen LogP) is 13.2. The Balaban J connectivity index is 1.26. The molecule has 0 radical (unpaired) electrons. The van der Waals surface area contributed by atoms with Gasteiger partial charge in [0.05, 0.1) is 0 Å². The minimum absolute atomic E-state index is 0.916. The Hall–Kier alpha value is -6.18. The fourth-order valence-corrected chi connectivity index (χ4v) is 7.75. The lowest BCUT2D eigenvalue weighted by Gasteiger charge is -2.18. The molecule has 1 nitrogen and oxygen atoms in total. The van der Waals surface area contributed by atoms with Gasteiger partial charge in [-0.25, -0.2) is 0 Å². The summed E-state index contributed by atoms with van der Waals surface area (Å²) in [7, 11) is 0. The molecule has 0 bridgehead atoms. The molecular formula is C46H28O. The van der Waals surface area contributed by atoms with Crippen LogP contribution in [0.3, 0.4) is 0 Å². The summed E-state index contributed by atoms with van der Waals surface area (Å²) in [5.74, 6) is 0. The van der Waals surface area contributed by atoms with Crippen LogP contribution in [-0.2, 0) is 0 Å². The number of furan rings is 1. The molecule has 0 saturated carbocycles. The molecule has 0 aliphatic rings. The predicted molar refractivity (Wildman–Crippen MR) is 200 cm³/mol. The van der Waals surface area contributed by atoms with Crippen molar-refractivity contribution >= 4 is 65.0 Å². The van der Waals surface area contributed by atoms with Gasteiger partial charge in [-0.3, -0.25) is 0 Å². The zero-order valence-electron chi connectivity index (χ0n) is 25.6. The first-order valence-corrected chi connectivity index (χ1v) is 16.2. The lowest BCUT2D eigenvalue weighted by molar-refractivity contribution is 0.669. The van der Waals surface area contributed by atoms with Crippen molar-refractivity contribution < 1.29 is 4.42 Å². The fraction of sp³-hybridized carbons (Fsp3) is 0. The Morgan fingerprint density at radius 1 is 0.277 bits per heavy atom. The Labute approximate surface area is 271 Å². The topological polar surface area (TPSA) is 13.1 Å². The minimum Gasteiger partial charge on any atom is -0.456 e. The summed E-state index contributed by atoms with van der Waals surface area (Å²) in [5.41, 5.74) is 9.29. The second kappa shape index (κ2) is 10.2. The Bertz CT molecular complexity index is 2780. The summed E-state index contributed by atoms with van der Waals surface area (Å²) in [4.78, 5) is 0. The summed E-state index contributed by atoms with van der Waals surface area (Å²) in [5, 5.41) is 12.4. The average molecular weight is 597 g/mol. The van der Waals surface area contributed by atoms with Gasteiger partial charge in [-0.05, 0) is 107 Å². The maximum Gasteiger partial charge on any atom is 0.135 e. The Morgan fingerprint density at radius 3 is 1.43 bits per heavy atom. The molecule has 9 aromatic carbocycles. The maximum atomic E-state index is 6.19. The molecule has 1 heterocycles. The van der Waals surface area contributed by atoms with Crippen LogP contribution >= 0.6 is 0 Å². The van der Waals surface area contributed by atoms with Crippen LogP contribution in [0.1, 0.15) is 0 Å². The molecule has 218 valence electrons. The van der Waals surface area contributed by atoms with Crippen molar-refractivity contribution in [3.8, 4) is 33.4 Å². The highest BCUT2D eigenvalue weighted by atomic mass is 16.3. The summed E-state index contributed by atoms with van der Waals surface area (Å²) in [6.07, 6.45) is 0. The van der Waals surface area contributed by atoms with Gasteiger partial charge in [-0.2, -0.15) is 0 Å². The zero-order chi connectivity index (χ0) is 30.9. The van der Waals surface area contributed by atoms with Gasteiger partial charge in [-0.1, -0.05) is 140 Å². The van der Waals surface area contributed by atoms with Crippen LogP contribution in [0.25, 0.3) is 98.4 Å². The van der Waals surface area contributed by atoms with E-state index in [0.717, 1.165) is 21.9 Å². The molecule has 0 aliphatic heterocycles. The molecule has 10 aromatic rings. The van der Waals surface area contributed by atoms with E-state index in [-0.39, 0.29) is 0 Å². The van der Waals surface area contributed by atoms with E-state index in [9.17, 15) is 0 Å². The van der Waals surface area contributed by atoms with Crippen molar-refractivity contribution in [2.45, 2.75) is 0 Å². The van der Waals surface area contributed by atoms with Gasteiger partial charge in [0, 0.05) is 10.8 Å². The van der Waals surface area contributed by atoms with E-state index in [0.29, 0.717) is 0 Å². The number of para-hydroxylation sites is 1. The number of benzene rings is 9. The number of hydrogen-bond donors (Lipinski definition) is 0. The van der Waals surface area contributed by atoms with Crippen LogP contribution in [0.2, 0.25) is 0 Å². The van der Waals surface area contributed by atoms with Crippen LogP contribution in [0.15, 0.2) is 174 Å². The van der Waals surface area contributed by atoms with Crippen LogP contribution < -0.4 is 0 Å². The monoisotopic (exact) mass is 596 g/mol. The molecule has 1 aromatic heterocycles. The lowest BCUT2D eigenvalue weighted by Crippen LogP contribution is -1.91. The third-order valence-corrected chi connectivity index (χ3v) is 9.83. The zero-order valence-corrected chi connectivity index (χ0v) is 25.6. The van der Waals surface area contributed by atoms with Gasteiger partial charge in [0.2, 0.25) is 0 Å². The van der Waals surface area contributed by atoms with Gasteiger partial charge < -0.3 is 4.42 Å². The molecule has 47 heavy (non-hydrogen) atoms. The van der Waals surface area contributed by atoms with E-state index in [1.165, 1.54) is 76.5 Å². The van der Waals surface area contributed by atoms with Crippen LogP contribution in [0.5, 0.6) is 0 Å². The first-order chi connectivity index (χ1) is 23.3. The van der Waals surface area contributed by atoms with Crippen molar-refractivity contribution in [3.63, 3.8) is 0 Å². The van der Waals surface area contributed by atoms with Gasteiger partial charge in [0.1, 0.15) is 11.2 Å². The first kappa shape index (κ1) is 26.1. The van der Waals surface area contributed by atoms with E-state index in [1.807, 2.05) is 12.1 Å². The van der Waals surface area contributed by atoms with Crippen molar-refractivity contribution in [1.29, 1.82) is 0 Å². The molecule has 0 amide bonds. The summed E-state index contributed by atoms with van der Waals surface area (Å²) >= 11 is 0. The SMILES string of the molecule is c1ccc(-c2cc3ccc(-c4c5ccccc5c(-c5ccc6oc7ccccc7c6c5)c5ccccc45)cc3c3ccccc23)cc1. The highest BCUT2D eigenvalue weighted by Gasteiger charge is 2.18. The summed E-state index contributed by atoms with van der Waals surface area (Å²) in [6, 6.07) is 61.7. The van der Waals surface area contributed by atoms with E-state index in [1.54, 1.807) is 0 Å². The lowest BCUT2D eigenvalue weighted by atomic mass is 9.85. The molecular weight excluding hydrogens is 569 g/mol. The highest BCUT2D eigenvalue weighted by molar-refractivity contribution is 6.23. The second-order valence-corrected chi connectivity index (χ2v) is 12.4. The third kappa shape index (κ3) is 3.97. The highest BCUT2D eigenvalue weighted by Crippen LogP contribution is 2.46. The normalized spacial score (nSPS) is 11.8. The first-order valence-electron chi connectivity index (χ1n) is 16.2. The summed E-state index contributed by atoms with van der Waals surface area (Å²) in [6.45, 7) is 0. The molecule has 1 heteroatoms. The van der Waals surface area contributed by atoms with Crippen molar-refractivity contribution in [3.05, 3.63) is 170 Å². The second-order valence-electron chi connectivity index (χ2n) is 12.4. The standard InChI is InChI=1S/C46H28O/c1-2-12-29(13-3-1)40-26-30-22-23-31(27-41(30)34-15-5-4-14-33(34)40)45-36-17-6-8-19-38(36)46(39-20-9-7-18-37(39)45)32-24-25-44-42(28-32)35-16-10-11-21-43(35)47-44/h1-28H. The van der Waals surface area contributed by atoms with E-state index in [2.05, 4.69) is 158 Å². The molecule has 0 fully saturated rings. The Morgan fingerprint density at radius 2 is 0.766 bits per heavy atom. The minimum atomic E-state index is 0.916. The summed E-state index contributed by atoms with van der Waals surface area (Å²) < 4.78 is 6.19. The Kier molecular flexibility index (Phi) is 5.64. The third-order valence-electron chi connectivity index (χ3n) is 9.83.